The van der Waals surface area contributed by atoms with E-state index in [0.717, 1.165) is 0 Å². The van der Waals surface area contributed by atoms with Gasteiger partial charge in [-0.2, -0.15) is 10.4 Å². The van der Waals surface area contributed by atoms with Crippen molar-refractivity contribution in [2.24, 2.45) is 5.10 Å². The van der Waals surface area contributed by atoms with Crippen LogP contribution in [0.15, 0.2) is 65.8 Å². The summed E-state index contributed by atoms with van der Waals surface area (Å²) < 4.78 is 0. The molecule has 0 aliphatic heterocycles. The van der Waals surface area contributed by atoms with Crippen LogP contribution in [-0.2, 0) is 4.79 Å². The van der Waals surface area contributed by atoms with E-state index < -0.39 is 5.91 Å². The van der Waals surface area contributed by atoms with Crippen LogP contribution in [0, 0.1) is 11.3 Å². The fraction of sp³-hybridized carbons (Fsp3) is 0. The second-order valence-corrected chi connectivity index (χ2v) is 3.87. The molecule has 5 nitrogen and oxygen atoms in total. The number of amides is 1. The number of benzene rings is 2. The van der Waals surface area contributed by atoms with E-state index in [-0.39, 0.29) is 5.71 Å². The van der Waals surface area contributed by atoms with Crippen molar-refractivity contribution in [1.29, 1.82) is 5.26 Å². The van der Waals surface area contributed by atoms with Crippen LogP contribution in [0.5, 0.6) is 0 Å². The molecule has 1 amide bonds. The minimum atomic E-state index is -0.554. The summed E-state index contributed by atoms with van der Waals surface area (Å²) >= 11 is 0. The molecule has 0 aliphatic rings. The van der Waals surface area contributed by atoms with Gasteiger partial charge >= 0.3 is 0 Å². The number of nitriles is 1. The molecule has 2 rings (SSSR count). The van der Waals surface area contributed by atoms with Crippen LogP contribution in [0.2, 0.25) is 0 Å². The van der Waals surface area contributed by atoms with Crippen LogP contribution in [0.1, 0.15) is 0 Å². The molecule has 0 aromatic heterocycles. The number of hydrazone groups is 1. The van der Waals surface area contributed by atoms with E-state index in [4.69, 9.17) is 5.26 Å². The van der Waals surface area contributed by atoms with Gasteiger partial charge in [-0.3, -0.25) is 10.2 Å². The standard InChI is InChI=1S/C15H12N4O/c16-11-14(19-18-13-9-5-2-6-10-13)15(20)17-12-7-3-1-4-8-12/h1-10,18H,(H,17,20). The molecule has 0 radical (unpaired) electrons. The van der Waals surface area contributed by atoms with E-state index in [1.807, 2.05) is 24.3 Å². The van der Waals surface area contributed by atoms with Crippen molar-refractivity contribution in [3.8, 4) is 6.07 Å². The molecule has 98 valence electrons. The zero-order valence-corrected chi connectivity index (χ0v) is 10.6. The van der Waals surface area contributed by atoms with Gasteiger partial charge in [-0.05, 0) is 24.3 Å². The summed E-state index contributed by atoms with van der Waals surface area (Å²) in [4.78, 5) is 11.9. The topological polar surface area (TPSA) is 77.3 Å². The molecule has 0 saturated carbocycles. The predicted molar refractivity (Wildman–Crippen MR) is 78.2 cm³/mol. The summed E-state index contributed by atoms with van der Waals surface area (Å²) in [5.74, 6) is -0.554. The van der Waals surface area contributed by atoms with Gasteiger partial charge in [0.2, 0.25) is 5.71 Å². The molecule has 20 heavy (non-hydrogen) atoms. The minimum absolute atomic E-state index is 0.238. The zero-order valence-electron chi connectivity index (χ0n) is 10.6. The highest BCUT2D eigenvalue weighted by Gasteiger charge is 2.10. The predicted octanol–water partition coefficient (Wildman–Crippen LogP) is 2.62. The van der Waals surface area contributed by atoms with Crippen molar-refractivity contribution in [2.45, 2.75) is 0 Å². The van der Waals surface area contributed by atoms with Gasteiger partial charge in [0.05, 0.1) is 5.69 Å². The molecule has 0 atom stereocenters. The molecule has 0 aliphatic carbocycles. The van der Waals surface area contributed by atoms with Crippen LogP contribution in [0.4, 0.5) is 11.4 Å². The minimum Gasteiger partial charge on any atom is -0.320 e. The highest BCUT2D eigenvalue weighted by Crippen LogP contribution is 2.06. The number of nitrogens with zero attached hydrogens (tertiary/aromatic N) is 2. The van der Waals surface area contributed by atoms with Gasteiger partial charge in [-0.15, -0.1) is 0 Å². The molecule has 2 N–H and O–H groups in total. The summed E-state index contributed by atoms with van der Waals surface area (Å²) in [5, 5.41) is 15.4. The van der Waals surface area contributed by atoms with E-state index in [1.165, 1.54) is 0 Å². The number of nitrogens with one attached hydrogen (secondary N) is 2. The van der Waals surface area contributed by atoms with E-state index in [2.05, 4.69) is 15.8 Å². The first-order valence-corrected chi connectivity index (χ1v) is 5.95. The first-order valence-electron chi connectivity index (χ1n) is 5.95. The summed E-state index contributed by atoms with van der Waals surface area (Å²) in [5.41, 5.74) is 3.74. The smallest absolute Gasteiger partial charge is 0.287 e. The SMILES string of the molecule is N#CC(=NNc1ccccc1)C(=O)Nc1ccccc1. The third-order valence-electron chi connectivity index (χ3n) is 2.42. The lowest BCUT2D eigenvalue weighted by molar-refractivity contribution is -0.110. The van der Waals surface area contributed by atoms with E-state index >= 15 is 0 Å². The molecule has 0 saturated heterocycles. The summed E-state index contributed by atoms with van der Waals surface area (Å²) in [6, 6.07) is 19.7. The molecule has 2 aromatic rings. The quantitative estimate of drug-likeness (QED) is 0.658. The maximum Gasteiger partial charge on any atom is 0.287 e. The summed E-state index contributed by atoms with van der Waals surface area (Å²) in [7, 11) is 0. The van der Waals surface area contributed by atoms with Gasteiger partial charge in [0.25, 0.3) is 5.91 Å². The number of carbonyl (C=O) groups excluding carboxylic acids is 1. The zero-order chi connectivity index (χ0) is 14.2. The van der Waals surface area contributed by atoms with Crippen LogP contribution >= 0.6 is 0 Å². The van der Waals surface area contributed by atoms with Gasteiger partial charge in [0.1, 0.15) is 6.07 Å². The van der Waals surface area contributed by atoms with Gasteiger partial charge in [0.15, 0.2) is 0 Å². The Balaban J connectivity index is 2.05. The lowest BCUT2D eigenvalue weighted by Gasteiger charge is -2.03. The average molecular weight is 264 g/mol. The molecular formula is C15H12N4O. The molecule has 2 aromatic carbocycles. The van der Waals surface area contributed by atoms with E-state index in [0.29, 0.717) is 11.4 Å². The summed E-state index contributed by atoms with van der Waals surface area (Å²) in [6.45, 7) is 0. The monoisotopic (exact) mass is 264 g/mol. The first-order chi connectivity index (χ1) is 9.79. The fourth-order valence-electron chi connectivity index (χ4n) is 1.47. The highest BCUT2D eigenvalue weighted by molar-refractivity contribution is 6.48. The van der Waals surface area contributed by atoms with Crippen molar-refractivity contribution in [3.05, 3.63) is 60.7 Å². The fourth-order valence-corrected chi connectivity index (χ4v) is 1.47. The number of anilines is 2. The Bertz CT molecular complexity index is 645. The van der Waals surface area contributed by atoms with Crippen molar-refractivity contribution in [1.82, 2.24) is 0 Å². The maximum absolute atomic E-state index is 11.9. The Labute approximate surface area is 116 Å². The summed E-state index contributed by atoms with van der Waals surface area (Å²) in [6.07, 6.45) is 0. The van der Waals surface area contributed by atoms with Crippen molar-refractivity contribution >= 4 is 23.0 Å². The molecule has 0 fully saturated rings. The number of hydrogen-bond donors (Lipinski definition) is 2. The molecule has 0 heterocycles. The highest BCUT2D eigenvalue weighted by atomic mass is 16.1. The van der Waals surface area contributed by atoms with Crippen LogP contribution in [0.3, 0.4) is 0 Å². The van der Waals surface area contributed by atoms with Gasteiger partial charge < -0.3 is 5.32 Å². The van der Waals surface area contributed by atoms with Crippen molar-refractivity contribution in [3.63, 3.8) is 0 Å². The second kappa shape index (κ2) is 6.71. The Morgan fingerprint density at radius 1 is 0.950 bits per heavy atom. The molecule has 0 bridgehead atoms. The number of rotatable bonds is 4. The van der Waals surface area contributed by atoms with Crippen LogP contribution in [-0.4, -0.2) is 11.6 Å². The number of carbonyl (C=O) groups is 1. The van der Waals surface area contributed by atoms with Crippen LogP contribution in [0.25, 0.3) is 0 Å². The lowest BCUT2D eigenvalue weighted by atomic mass is 10.3. The lowest BCUT2D eigenvalue weighted by Crippen LogP contribution is -2.22. The Hall–Kier alpha value is -3.13. The van der Waals surface area contributed by atoms with Crippen LogP contribution < -0.4 is 10.7 Å². The first kappa shape index (κ1) is 13.3. The van der Waals surface area contributed by atoms with Crippen molar-refractivity contribution in [2.75, 3.05) is 10.7 Å². The van der Waals surface area contributed by atoms with Gasteiger partial charge in [0, 0.05) is 5.69 Å². The molecule has 0 unspecified atom stereocenters. The molecule has 0 spiro atoms. The Kier molecular flexibility index (Phi) is 4.46. The third kappa shape index (κ3) is 3.68. The maximum atomic E-state index is 11.9. The molecule has 5 heteroatoms. The normalized spacial score (nSPS) is 10.4. The van der Waals surface area contributed by atoms with E-state index in [1.54, 1.807) is 42.5 Å². The van der Waals surface area contributed by atoms with E-state index in [9.17, 15) is 4.79 Å². The third-order valence-corrected chi connectivity index (χ3v) is 2.42. The Morgan fingerprint density at radius 3 is 2.05 bits per heavy atom. The average Bonchev–Trinajstić information content (AvgIpc) is 2.50. The van der Waals surface area contributed by atoms with Crippen molar-refractivity contribution < 1.29 is 4.79 Å². The number of hydrogen-bond acceptors (Lipinski definition) is 4. The second-order valence-electron chi connectivity index (χ2n) is 3.87. The molecular weight excluding hydrogens is 252 g/mol. The Morgan fingerprint density at radius 2 is 1.50 bits per heavy atom. The number of para-hydroxylation sites is 2. The van der Waals surface area contributed by atoms with Gasteiger partial charge in [-0.25, -0.2) is 0 Å². The largest absolute Gasteiger partial charge is 0.320 e. The van der Waals surface area contributed by atoms with Gasteiger partial charge in [-0.1, -0.05) is 36.4 Å².